The van der Waals surface area contributed by atoms with Gasteiger partial charge in [-0.05, 0) is 55.3 Å². The van der Waals surface area contributed by atoms with Gasteiger partial charge in [0.25, 0.3) is 0 Å². The Balaban J connectivity index is 1.51. The van der Waals surface area contributed by atoms with Crippen molar-refractivity contribution in [3.05, 3.63) is 57.6 Å². The highest BCUT2D eigenvalue weighted by Crippen LogP contribution is 2.20. The van der Waals surface area contributed by atoms with Gasteiger partial charge in [0, 0.05) is 12.1 Å². The number of ether oxygens (including phenoxy) is 1. The van der Waals surface area contributed by atoms with Gasteiger partial charge in [0.05, 0.1) is 34.8 Å². The van der Waals surface area contributed by atoms with E-state index < -0.39 is 0 Å². The lowest BCUT2D eigenvalue weighted by molar-refractivity contribution is -0.116. The molecule has 7 nitrogen and oxygen atoms in total. The second-order valence-electron chi connectivity index (χ2n) is 6.82. The molecule has 0 spiro atoms. The Bertz CT molecular complexity index is 993. The van der Waals surface area contributed by atoms with Gasteiger partial charge in [0.2, 0.25) is 5.91 Å². The predicted octanol–water partition coefficient (Wildman–Crippen LogP) is 4.14. The Kier molecular flexibility index (Phi) is 6.18. The van der Waals surface area contributed by atoms with Gasteiger partial charge in [0.15, 0.2) is 6.73 Å². The van der Waals surface area contributed by atoms with E-state index in [0.29, 0.717) is 18.7 Å². The van der Waals surface area contributed by atoms with E-state index in [2.05, 4.69) is 37.5 Å². The molecule has 2 aromatic heterocycles. The fraction of sp³-hybridized carbons (Fsp3) is 0.350. The fourth-order valence-electron chi connectivity index (χ4n) is 2.92. The molecule has 3 aromatic rings. The van der Waals surface area contributed by atoms with Crippen molar-refractivity contribution >= 4 is 27.5 Å². The highest BCUT2D eigenvalue weighted by Gasteiger charge is 2.11. The molecular formula is C20H24BrN5O2. The molecule has 0 aliphatic carbocycles. The van der Waals surface area contributed by atoms with Crippen LogP contribution in [-0.4, -0.2) is 25.5 Å². The number of benzene rings is 1. The van der Waals surface area contributed by atoms with Crippen LogP contribution in [0.1, 0.15) is 28.9 Å². The molecule has 148 valence electrons. The highest BCUT2D eigenvalue weighted by atomic mass is 79.9. The number of anilines is 1. The van der Waals surface area contributed by atoms with Crippen molar-refractivity contribution in [2.75, 3.05) is 5.32 Å². The Morgan fingerprint density at radius 3 is 2.71 bits per heavy atom. The summed E-state index contributed by atoms with van der Waals surface area (Å²) in [5.74, 6) is 0.737. The van der Waals surface area contributed by atoms with Crippen molar-refractivity contribution in [2.24, 2.45) is 0 Å². The zero-order valence-electron chi connectivity index (χ0n) is 16.5. The molecule has 0 bridgehead atoms. The summed E-state index contributed by atoms with van der Waals surface area (Å²) in [4.78, 5) is 12.2. The zero-order valence-corrected chi connectivity index (χ0v) is 18.1. The maximum Gasteiger partial charge on any atom is 0.226 e. The number of nitrogens with one attached hydrogen (secondary N) is 1. The van der Waals surface area contributed by atoms with E-state index in [4.69, 9.17) is 4.74 Å². The minimum Gasteiger partial charge on any atom is -0.471 e. The van der Waals surface area contributed by atoms with E-state index in [-0.39, 0.29) is 12.6 Å². The first-order chi connectivity index (χ1) is 13.3. The molecule has 8 heteroatoms. The van der Waals surface area contributed by atoms with Crippen LogP contribution in [0.5, 0.6) is 5.75 Å². The summed E-state index contributed by atoms with van der Waals surface area (Å²) in [7, 11) is 0. The number of halogens is 1. The number of amides is 1. The Morgan fingerprint density at radius 2 is 2.04 bits per heavy atom. The van der Waals surface area contributed by atoms with E-state index in [1.807, 2.05) is 44.5 Å². The van der Waals surface area contributed by atoms with Gasteiger partial charge in [-0.15, -0.1) is 0 Å². The van der Waals surface area contributed by atoms with Crippen LogP contribution in [0.15, 0.2) is 35.1 Å². The van der Waals surface area contributed by atoms with E-state index in [1.165, 1.54) is 5.56 Å². The Morgan fingerprint density at radius 1 is 1.25 bits per heavy atom. The van der Waals surface area contributed by atoms with Gasteiger partial charge in [-0.25, -0.2) is 4.68 Å². The summed E-state index contributed by atoms with van der Waals surface area (Å²) in [5, 5.41) is 11.5. The van der Waals surface area contributed by atoms with Crippen LogP contribution in [0.4, 0.5) is 5.69 Å². The molecule has 28 heavy (non-hydrogen) atoms. The summed E-state index contributed by atoms with van der Waals surface area (Å²) in [6.07, 6.45) is 3.70. The first kappa shape index (κ1) is 20.1. The molecule has 0 unspecified atom stereocenters. The van der Waals surface area contributed by atoms with E-state index in [1.54, 1.807) is 17.1 Å². The number of aryl methyl sites for hydroxylation is 4. The zero-order chi connectivity index (χ0) is 20.3. The number of hydrogen-bond acceptors (Lipinski definition) is 4. The van der Waals surface area contributed by atoms with Crippen LogP contribution in [0, 0.1) is 27.7 Å². The quantitative estimate of drug-likeness (QED) is 0.592. The number of nitrogens with zero attached hydrogens (tertiary/aromatic N) is 4. The molecule has 0 atom stereocenters. The van der Waals surface area contributed by atoms with E-state index in [9.17, 15) is 4.79 Å². The molecule has 1 aromatic carbocycles. The second kappa shape index (κ2) is 8.60. The standard InChI is InChI=1S/C20H24BrN5O2/c1-13-5-6-18(14(2)9-13)28-12-25-11-17(10-22-25)23-19(27)7-8-26-16(4)20(21)15(3)24-26/h5-6,9-11H,7-8,12H2,1-4H3,(H,23,27). The molecule has 0 fully saturated rings. The number of hydrogen-bond donors (Lipinski definition) is 1. The van der Waals surface area contributed by atoms with Crippen LogP contribution in [0.2, 0.25) is 0 Å². The minimum absolute atomic E-state index is 0.0847. The van der Waals surface area contributed by atoms with E-state index in [0.717, 1.165) is 27.2 Å². The summed E-state index contributed by atoms with van der Waals surface area (Å²) < 4.78 is 10.3. The molecule has 0 radical (unpaired) electrons. The average molecular weight is 446 g/mol. The Labute approximate surface area is 172 Å². The van der Waals surface area contributed by atoms with Crippen LogP contribution >= 0.6 is 15.9 Å². The lowest BCUT2D eigenvalue weighted by Gasteiger charge is -2.09. The smallest absolute Gasteiger partial charge is 0.226 e. The third kappa shape index (κ3) is 4.81. The number of carbonyl (C=O) groups excluding carboxylic acids is 1. The summed E-state index contributed by atoms with van der Waals surface area (Å²) in [6.45, 7) is 8.77. The molecule has 3 rings (SSSR count). The van der Waals surface area contributed by atoms with Crippen molar-refractivity contribution in [3.8, 4) is 5.75 Å². The van der Waals surface area contributed by atoms with Crippen molar-refractivity contribution in [1.82, 2.24) is 19.6 Å². The third-order valence-electron chi connectivity index (χ3n) is 4.44. The first-order valence-electron chi connectivity index (χ1n) is 9.05. The average Bonchev–Trinajstić information content (AvgIpc) is 3.19. The van der Waals surface area contributed by atoms with Crippen LogP contribution < -0.4 is 10.1 Å². The lowest BCUT2D eigenvalue weighted by Crippen LogP contribution is -2.15. The van der Waals surface area contributed by atoms with Crippen molar-refractivity contribution in [2.45, 2.75) is 47.4 Å². The molecule has 0 aliphatic heterocycles. The maximum absolute atomic E-state index is 12.2. The van der Waals surface area contributed by atoms with Gasteiger partial charge >= 0.3 is 0 Å². The number of carbonyl (C=O) groups is 1. The molecular weight excluding hydrogens is 422 g/mol. The monoisotopic (exact) mass is 445 g/mol. The number of aromatic nitrogens is 4. The van der Waals surface area contributed by atoms with Crippen LogP contribution in [0.25, 0.3) is 0 Å². The molecule has 1 amide bonds. The highest BCUT2D eigenvalue weighted by molar-refractivity contribution is 9.10. The van der Waals surface area contributed by atoms with Crippen molar-refractivity contribution in [3.63, 3.8) is 0 Å². The predicted molar refractivity (Wildman–Crippen MR) is 111 cm³/mol. The Hall–Kier alpha value is -2.61. The van der Waals surface area contributed by atoms with Crippen molar-refractivity contribution in [1.29, 1.82) is 0 Å². The summed E-state index contributed by atoms with van der Waals surface area (Å²) in [6, 6.07) is 6.04. The van der Waals surface area contributed by atoms with Gasteiger partial charge in [0.1, 0.15) is 5.75 Å². The fourth-order valence-corrected chi connectivity index (χ4v) is 3.20. The van der Waals surface area contributed by atoms with Crippen LogP contribution in [-0.2, 0) is 18.1 Å². The summed E-state index contributed by atoms with van der Waals surface area (Å²) >= 11 is 3.50. The summed E-state index contributed by atoms with van der Waals surface area (Å²) in [5.41, 5.74) is 4.85. The molecule has 0 saturated carbocycles. The van der Waals surface area contributed by atoms with Crippen molar-refractivity contribution < 1.29 is 9.53 Å². The van der Waals surface area contributed by atoms with Gasteiger partial charge < -0.3 is 10.1 Å². The lowest BCUT2D eigenvalue weighted by atomic mass is 10.1. The topological polar surface area (TPSA) is 74.0 Å². The molecule has 0 saturated heterocycles. The molecule has 2 heterocycles. The first-order valence-corrected chi connectivity index (χ1v) is 9.84. The maximum atomic E-state index is 12.2. The van der Waals surface area contributed by atoms with E-state index >= 15 is 0 Å². The SMILES string of the molecule is Cc1ccc(OCn2cc(NC(=O)CCn3nc(C)c(Br)c3C)cn2)c(C)c1. The number of rotatable bonds is 7. The largest absolute Gasteiger partial charge is 0.471 e. The van der Waals surface area contributed by atoms with Gasteiger partial charge in [-0.3, -0.25) is 9.48 Å². The normalized spacial score (nSPS) is 10.9. The third-order valence-corrected chi connectivity index (χ3v) is 5.59. The van der Waals surface area contributed by atoms with Gasteiger partial charge in [-0.1, -0.05) is 17.7 Å². The van der Waals surface area contributed by atoms with Crippen LogP contribution in [0.3, 0.4) is 0 Å². The molecule has 1 N–H and O–H groups in total. The second-order valence-corrected chi connectivity index (χ2v) is 7.61. The molecule has 0 aliphatic rings. The minimum atomic E-state index is -0.0847. The van der Waals surface area contributed by atoms with Gasteiger partial charge in [-0.2, -0.15) is 10.2 Å².